The lowest BCUT2D eigenvalue weighted by Crippen LogP contribution is -2.39. The highest BCUT2D eigenvalue weighted by Gasteiger charge is 2.25. The Hall–Kier alpha value is -3.20. The Labute approximate surface area is 210 Å². The van der Waals surface area contributed by atoms with Gasteiger partial charge in [-0.2, -0.15) is 0 Å². The van der Waals surface area contributed by atoms with Crippen LogP contribution in [0.3, 0.4) is 0 Å². The Kier molecular flexibility index (Phi) is 12.5. The van der Waals surface area contributed by atoms with Crippen molar-refractivity contribution in [1.82, 2.24) is 4.90 Å². The third-order valence-electron chi connectivity index (χ3n) is 5.93. The van der Waals surface area contributed by atoms with Crippen LogP contribution in [-0.4, -0.2) is 44.6 Å². The summed E-state index contributed by atoms with van der Waals surface area (Å²) < 4.78 is 16.0. The highest BCUT2D eigenvalue weighted by molar-refractivity contribution is 6.11. The van der Waals surface area contributed by atoms with Gasteiger partial charge in [0.05, 0.1) is 26.9 Å². The Morgan fingerprint density at radius 2 is 1.60 bits per heavy atom. The van der Waals surface area contributed by atoms with Gasteiger partial charge in [0.25, 0.3) is 11.8 Å². The number of methoxy groups -OCH3 is 3. The Morgan fingerprint density at radius 1 is 0.971 bits per heavy atom. The molecule has 6 heteroatoms. The second kappa shape index (κ2) is 15.7. The van der Waals surface area contributed by atoms with Crippen molar-refractivity contribution in [3.05, 3.63) is 35.4 Å². The molecule has 1 heterocycles. The van der Waals surface area contributed by atoms with Gasteiger partial charge in [-0.3, -0.25) is 14.5 Å². The lowest BCUT2D eigenvalue weighted by Gasteiger charge is -2.22. The van der Waals surface area contributed by atoms with Crippen LogP contribution in [0.1, 0.15) is 76.7 Å². The molecule has 1 aromatic carbocycles. The highest BCUT2D eigenvalue weighted by atomic mass is 16.5. The topological polar surface area (TPSA) is 65.1 Å². The van der Waals surface area contributed by atoms with Crippen molar-refractivity contribution in [2.45, 2.75) is 71.1 Å². The molecule has 0 atom stereocenters. The summed E-state index contributed by atoms with van der Waals surface area (Å²) in [6.07, 6.45) is 16.2. The summed E-state index contributed by atoms with van der Waals surface area (Å²) in [5, 5.41) is 0. The predicted molar refractivity (Wildman–Crippen MR) is 140 cm³/mol. The highest BCUT2D eigenvalue weighted by Crippen LogP contribution is 2.38. The van der Waals surface area contributed by atoms with E-state index in [1.54, 1.807) is 18.2 Å². The Morgan fingerprint density at radius 3 is 2.20 bits per heavy atom. The number of hydrogen-bond acceptors (Lipinski definition) is 5. The van der Waals surface area contributed by atoms with Crippen LogP contribution in [0.15, 0.2) is 29.9 Å². The van der Waals surface area contributed by atoms with Gasteiger partial charge in [0.15, 0.2) is 11.5 Å². The molecule has 0 saturated heterocycles. The summed E-state index contributed by atoms with van der Waals surface area (Å²) in [6, 6.07) is 3.48. The van der Waals surface area contributed by atoms with Crippen molar-refractivity contribution in [2.75, 3.05) is 27.9 Å². The molecule has 190 valence electrons. The summed E-state index contributed by atoms with van der Waals surface area (Å²) in [6.45, 7) is 2.58. The van der Waals surface area contributed by atoms with Crippen LogP contribution in [0.25, 0.3) is 6.08 Å². The molecule has 0 radical (unpaired) electrons. The van der Waals surface area contributed by atoms with Crippen LogP contribution in [0.4, 0.5) is 0 Å². The summed E-state index contributed by atoms with van der Waals surface area (Å²) in [5.74, 6) is 6.85. The number of carbonyl (C=O) groups is 2. The summed E-state index contributed by atoms with van der Waals surface area (Å²) in [7, 11) is 4.60. The molecule has 1 aliphatic rings. The molecule has 0 aliphatic carbocycles. The van der Waals surface area contributed by atoms with E-state index in [9.17, 15) is 9.59 Å². The van der Waals surface area contributed by atoms with Crippen LogP contribution in [0.5, 0.6) is 17.2 Å². The largest absolute Gasteiger partial charge is 0.493 e. The van der Waals surface area contributed by atoms with E-state index in [0.29, 0.717) is 41.4 Å². The first-order valence-electron chi connectivity index (χ1n) is 12.6. The molecule has 2 amide bonds. The second-order valence-electron chi connectivity index (χ2n) is 8.52. The van der Waals surface area contributed by atoms with E-state index in [1.165, 1.54) is 77.3 Å². The lowest BCUT2D eigenvalue weighted by molar-refractivity contribution is -0.139. The zero-order chi connectivity index (χ0) is 25.5. The summed E-state index contributed by atoms with van der Waals surface area (Å²) in [5.41, 5.74) is 1.10. The number of carbonyl (C=O) groups excluding carboxylic acids is 2. The first-order valence-corrected chi connectivity index (χ1v) is 12.6. The number of unbranched alkanes of at least 4 members (excludes halogenated alkanes) is 8. The molecule has 0 saturated carbocycles. The monoisotopic (exact) mass is 481 g/mol. The maximum Gasteiger partial charge on any atom is 0.268 e. The molecular weight excluding hydrogens is 442 g/mol. The van der Waals surface area contributed by atoms with E-state index in [4.69, 9.17) is 14.2 Å². The fourth-order valence-electron chi connectivity index (χ4n) is 3.95. The summed E-state index contributed by atoms with van der Waals surface area (Å²) >= 11 is 0. The molecule has 0 N–H and O–H groups in total. The van der Waals surface area contributed by atoms with E-state index >= 15 is 0 Å². The molecule has 6 nitrogen and oxygen atoms in total. The van der Waals surface area contributed by atoms with E-state index < -0.39 is 0 Å². The van der Waals surface area contributed by atoms with Gasteiger partial charge in [0.2, 0.25) is 5.75 Å². The Bertz CT molecular complexity index is 942. The van der Waals surface area contributed by atoms with Gasteiger partial charge < -0.3 is 14.2 Å². The van der Waals surface area contributed by atoms with E-state index in [2.05, 4.69) is 18.8 Å². The standard InChI is InChI=1S/C29H39NO5/c1-5-6-7-8-9-10-11-12-13-14-16-24-17-15-20-30(29(24)32)27(31)19-18-23-21-25(33-2)28(35-4)26(22-23)34-3/h17-19,21-22H,5-13,15,20H2,1-4H3/b19-18+. The number of benzene rings is 1. The molecule has 0 bridgehead atoms. The van der Waals surface area contributed by atoms with Crippen molar-refractivity contribution < 1.29 is 23.8 Å². The van der Waals surface area contributed by atoms with Gasteiger partial charge in [-0.1, -0.05) is 69.8 Å². The van der Waals surface area contributed by atoms with Crippen LogP contribution in [0.2, 0.25) is 0 Å². The maximum atomic E-state index is 12.8. The van der Waals surface area contributed by atoms with Gasteiger partial charge in [-0.15, -0.1) is 0 Å². The molecule has 0 aromatic heterocycles. The van der Waals surface area contributed by atoms with Crippen LogP contribution in [-0.2, 0) is 9.59 Å². The fourth-order valence-corrected chi connectivity index (χ4v) is 3.95. The molecule has 0 unspecified atom stereocenters. The zero-order valence-corrected chi connectivity index (χ0v) is 21.7. The van der Waals surface area contributed by atoms with Crippen LogP contribution < -0.4 is 14.2 Å². The van der Waals surface area contributed by atoms with Crippen LogP contribution in [0, 0.1) is 11.8 Å². The molecular formula is C29H39NO5. The average molecular weight is 482 g/mol. The van der Waals surface area contributed by atoms with Crippen molar-refractivity contribution in [3.8, 4) is 29.1 Å². The van der Waals surface area contributed by atoms with Crippen LogP contribution >= 0.6 is 0 Å². The third-order valence-corrected chi connectivity index (χ3v) is 5.93. The molecule has 0 fully saturated rings. The van der Waals surface area contributed by atoms with E-state index in [1.807, 2.05) is 6.08 Å². The number of amides is 2. The van der Waals surface area contributed by atoms with Gasteiger partial charge in [-0.25, -0.2) is 0 Å². The SMILES string of the molecule is CCCCCCCCCCC#CC1=CCCN(C(=O)/C=C/c2cc(OC)c(OC)c(OC)c2)C1=O. The van der Waals surface area contributed by atoms with Crippen molar-refractivity contribution in [3.63, 3.8) is 0 Å². The minimum atomic E-state index is -0.376. The van der Waals surface area contributed by atoms with E-state index in [0.717, 1.165) is 12.8 Å². The van der Waals surface area contributed by atoms with Gasteiger partial charge in [0.1, 0.15) is 0 Å². The number of imide groups is 1. The van der Waals surface area contributed by atoms with E-state index in [-0.39, 0.29) is 11.8 Å². The number of nitrogens with zero attached hydrogens (tertiary/aromatic N) is 1. The third kappa shape index (κ3) is 8.83. The molecule has 1 aromatic rings. The Balaban J connectivity index is 1.90. The number of hydrogen-bond donors (Lipinski definition) is 0. The molecule has 2 rings (SSSR count). The smallest absolute Gasteiger partial charge is 0.268 e. The second-order valence-corrected chi connectivity index (χ2v) is 8.52. The lowest BCUT2D eigenvalue weighted by atomic mass is 10.1. The summed E-state index contributed by atoms with van der Waals surface area (Å²) in [4.78, 5) is 26.8. The first-order chi connectivity index (χ1) is 17.0. The zero-order valence-electron chi connectivity index (χ0n) is 21.7. The van der Waals surface area contributed by atoms with Crippen molar-refractivity contribution in [1.29, 1.82) is 0 Å². The molecule has 1 aliphatic heterocycles. The fraction of sp³-hybridized carbons (Fsp3) is 0.517. The minimum absolute atomic E-state index is 0.334. The molecule has 0 spiro atoms. The van der Waals surface area contributed by atoms with Gasteiger partial charge in [0, 0.05) is 19.0 Å². The normalized spacial score (nSPS) is 13.3. The first kappa shape index (κ1) is 28.0. The molecule has 35 heavy (non-hydrogen) atoms. The van der Waals surface area contributed by atoms with Crippen molar-refractivity contribution in [2.24, 2.45) is 0 Å². The van der Waals surface area contributed by atoms with Crippen molar-refractivity contribution >= 4 is 17.9 Å². The maximum absolute atomic E-state index is 12.8. The quantitative estimate of drug-likeness (QED) is 0.198. The van der Waals surface area contributed by atoms with Gasteiger partial charge >= 0.3 is 0 Å². The minimum Gasteiger partial charge on any atom is -0.493 e. The average Bonchev–Trinajstić information content (AvgIpc) is 2.88. The predicted octanol–water partition coefficient (Wildman–Crippen LogP) is 5.95. The van der Waals surface area contributed by atoms with Gasteiger partial charge in [-0.05, 0) is 36.6 Å². The number of ether oxygens (including phenoxy) is 3. The number of rotatable bonds is 13.